The van der Waals surface area contributed by atoms with Gasteiger partial charge in [0.25, 0.3) is 0 Å². The minimum absolute atomic E-state index is 0.0760. The molecule has 82 valence electrons. The quantitative estimate of drug-likeness (QED) is 0.477. The number of rotatable bonds is 4. The summed E-state index contributed by atoms with van der Waals surface area (Å²) >= 11 is 5.66. The minimum atomic E-state index is -0.634. The van der Waals surface area contributed by atoms with Gasteiger partial charge in [-0.25, -0.2) is 9.97 Å². The lowest BCUT2D eigenvalue weighted by atomic mass is 10.4. The molecule has 1 aromatic heterocycles. The molecule has 8 heteroatoms. The summed E-state index contributed by atoms with van der Waals surface area (Å²) in [7, 11) is 2.99. The van der Waals surface area contributed by atoms with Crippen LogP contribution in [0, 0.1) is 10.1 Å². The Bertz CT molecular complexity index is 385. The molecule has 1 N–H and O–H groups in total. The average molecular weight is 233 g/mol. The molecule has 0 saturated carbocycles. The predicted molar refractivity (Wildman–Crippen MR) is 54.0 cm³/mol. The lowest BCUT2D eigenvalue weighted by Gasteiger charge is -2.04. The van der Waals surface area contributed by atoms with Crippen LogP contribution in [0.1, 0.15) is 5.82 Å². The highest BCUT2D eigenvalue weighted by Gasteiger charge is 2.22. The molecular formula is C7H9ClN4O3. The van der Waals surface area contributed by atoms with Crippen LogP contribution in [0.25, 0.3) is 0 Å². The van der Waals surface area contributed by atoms with Gasteiger partial charge >= 0.3 is 5.69 Å². The van der Waals surface area contributed by atoms with E-state index >= 15 is 0 Å². The van der Waals surface area contributed by atoms with E-state index in [1.54, 1.807) is 0 Å². The summed E-state index contributed by atoms with van der Waals surface area (Å²) in [5.41, 5.74) is -0.334. The van der Waals surface area contributed by atoms with Crippen molar-refractivity contribution in [3.8, 4) is 0 Å². The summed E-state index contributed by atoms with van der Waals surface area (Å²) in [6, 6.07) is 0. The average Bonchev–Trinajstić information content (AvgIpc) is 2.16. The van der Waals surface area contributed by atoms with E-state index in [1.165, 1.54) is 14.2 Å². The fourth-order valence-corrected chi connectivity index (χ4v) is 1.26. The molecule has 0 aliphatic rings. The highest BCUT2D eigenvalue weighted by molar-refractivity contribution is 6.31. The molecule has 1 aromatic rings. The molecule has 7 nitrogen and oxygen atoms in total. The van der Waals surface area contributed by atoms with Crippen molar-refractivity contribution in [2.45, 2.75) is 6.61 Å². The first kappa shape index (κ1) is 11.6. The van der Waals surface area contributed by atoms with Crippen LogP contribution < -0.4 is 5.32 Å². The monoisotopic (exact) mass is 232 g/mol. The van der Waals surface area contributed by atoms with E-state index in [1.807, 2.05) is 0 Å². The molecule has 1 heterocycles. The van der Waals surface area contributed by atoms with Crippen molar-refractivity contribution < 1.29 is 9.66 Å². The van der Waals surface area contributed by atoms with Gasteiger partial charge in [0, 0.05) is 14.2 Å². The van der Waals surface area contributed by atoms with Gasteiger partial charge in [0.2, 0.25) is 11.0 Å². The van der Waals surface area contributed by atoms with E-state index in [9.17, 15) is 10.1 Å². The Morgan fingerprint density at radius 1 is 1.60 bits per heavy atom. The second kappa shape index (κ2) is 4.85. The Labute approximate surface area is 90.6 Å². The normalized spacial score (nSPS) is 10.1. The van der Waals surface area contributed by atoms with Crippen LogP contribution in [0.5, 0.6) is 0 Å². The molecule has 15 heavy (non-hydrogen) atoms. The SMILES string of the molecule is CNc1nc(COC)nc(Cl)c1[N+](=O)[O-]. The maximum atomic E-state index is 10.6. The first-order valence-corrected chi connectivity index (χ1v) is 4.35. The minimum Gasteiger partial charge on any atom is -0.377 e. The summed E-state index contributed by atoms with van der Waals surface area (Å²) < 4.78 is 4.80. The van der Waals surface area contributed by atoms with Crippen LogP contribution in [0.3, 0.4) is 0 Å². The summed E-state index contributed by atoms with van der Waals surface area (Å²) in [6.45, 7) is 0.145. The van der Waals surface area contributed by atoms with Crippen LogP contribution in [-0.4, -0.2) is 29.0 Å². The number of nitro groups is 1. The molecule has 0 aromatic carbocycles. The van der Waals surface area contributed by atoms with Gasteiger partial charge in [-0.15, -0.1) is 0 Å². The molecule has 0 fully saturated rings. The molecule has 0 radical (unpaired) electrons. The van der Waals surface area contributed by atoms with E-state index < -0.39 is 4.92 Å². The van der Waals surface area contributed by atoms with Crippen molar-refractivity contribution in [3.05, 3.63) is 21.1 Å². The third kappa shape index (κ3) is 2.51. The number of hydrogen-bond donors (Lipinski definition) is 1. The molecule has 0 saturated heterocycles. The second-order valence-electron chi connectivity index (χ2n) is 2.57. The fourth-order valence-electron chi connectivity index (χ4n) is 1.00. The number of nitrogens with one attached hydrogen (secondary N) is 1. The van der Waals surface area contributed by atoms with Crippen LogP contribution in [-0.2, 0) is 11.3 Å². The van der Waals surface area contributed by atoms with E-state index in [2.05, 4.69) is 15.3 Å². The van der Waals surface area contributed by atoms with Gasteiger partial charge in [-0.3, -0.25) is 10.1 Å². The molecule has 0 unspecified atom stereocenters. The number of halogens is 1. The van der Waals surface area contributed by atoms with Gasteiger partial charge in [-0.2, -0.15) is 0 Å². The largest absolute Gasteiger partial charge is 0.377 e. The Morgan fingerprint density at radius 2 is 2.27 bits per heavy atom. The third-order valence-corrected chi connectivity index (χ3v) is 1.84. The van der Waals surface area contributed by atoms with Crippen molar-refractivity contribution in [3.63, 3.8) is 0 Å². The number of ether oxygens (including phenoxy) is 1. The van der Waals surface area contributed by atoms with Crippen LogP contribution in [0.4, 0.5) is 11.5 Å². The van der Waals surface area contributed by atoms with Crippen molar-refractivity contribution >= 4 is 23.1 Å². The number of nitrogens with zero attached hydrogens (tertiary/aromatic N) is 3. The maximum Gasteiger partial charge on any atom is 0.348 e. The number of methoxy groups -OCH3 is 1. The molecule has 0 aliphatic carbocycles. The second-order valence-corrected chi connectivity index (χ2v) is 2.93. The number of aromatic nitrogens is 2. The molecular weight excluding hydrogens is 224 g/mol. The fraction of sp³-hybridized carbons (Fsp3) is 0.429. The highest BCUT2D eigenvalue weighted by atomic mass is 35.5. The summed E-state index contributed by atoms with van der Waals surface area (Å²) in [5, 5.41) is 13.0. The lowest BCUT2D eigenvalue weighted by Crippen LogP contribution is -2.06. The third-order valence-electron chi connectivity index (χ3n) is 1.58. The van der Waals surface area contributed by atoms with Crippen molar-refractivity contribution in [2.75, 3.05) is 19.5 Å². The zero-order valence-corrected chi connectivity index (χ0v) is 8.91. The number of anilines is 1. The van der Waals surface area contributed by atoms with Crippen molar-refractivity contribution in [1.82, 2.24) is 9.97 Å². The molecule has 0 amide bonds. The highest BCUT2D eigenvalue weighted by Crippen LogP contribution is 2.29. The smallest absolute Gasteiger partial charge is 0.348 e. The van der Waals surface area contributed by atoms with Crippen LogP contribution in [0.15, 0.2) is 0 Å². The summed E-state index contributed by atoms with van der Waals surface area (Å²) in [4.78, 5) is 17.6. The zero-order valence-electron chi connectivity index (χ0n) is 8.15. The van der Waals surface area contributed by atoms with Gasteiger partial charge in [0.05, 0.1) is 4.92 Å². The van der Waals surface area contributed by atoms with E-state index in [0.717, 1.165) is 0 Å². The van der Waals surface area contributed by atoms with Gasteiger partial charge in [0.1, 0.15) is 6.61 Å². The Balaban J connectivity index is 3.24. The summed E-state index contributed by atoms with van der Waals surface area (Å²) in [6.07, 6.45) is 0. The Morgan fingerprint density at radius 3 is 2.73 bits per heavy atom. The summed E-state index contributed by atoms with van der Waals surface area (Å²) in [5.74, 6) is 0.365. The van der Waals surface area contributed by atoms with Crippen molar-refractivity contribution in [1.29, 1.82) is 0 Å². The van der Waals surface area contributed by atoms with E-state index in [4.69, 9.17) is 16.3 Å². The Hall–Kier alpha value is -1.47. The van der Waals surface area contributed by atoms with Crippen LogP contribution >= 0.6 is 11.6 Å². The zero-order chi connectivity index (χ0) is 11.4. The topological polar surface area (TPSA) is 90.2 Å². The molecule has 0 spiro atoms. The molecule has 0 aliphatic heterocycles. The molecule has 0 bridgehead atoms. The molecule has 0 atom stereocenters. The van der Waals surface area contributed by atoms with E-state index in [-0.39, 0.29) is 29.1 Å². The first-order valence-electron chi connectivity index (χ1n) is 3.97. The number of hydrogen-bond acceptors (Lipinski definition) is 6. The Kier molecular flexibility index (Phi) is 3.75. The van der Waals surface area contributed by atoms with Crippen molar-refractivity contribution in [2.24, 2.45) is 0 Å². The predicted octanol–water partition coefficient (Wildman–Crippen LogP) is 1.23. The van der Waals surface area contributed by atoms with E-state index in [0.29, 0.717) is 0 Å². The van der Waals surface area contributed by atoms with Gasteiger partial charge in [0.15, 0.2) is 5.82 Å². The van der Waals surface area contributed by atoms with Gasteiger partial charge in [-0.1, -0.05) is 11.6 Å². The van der Waals surface area contributed by atoms with Gasteiger partial charge in [-0.05, 0) is 0 Å². The lowest BCUT2D eigenvalue weighted by molar-refractivity contribution is -0.384. The molecule has 1 rings (SSSR count). The van der Waals surface area contributed by atoms with Gasteiger partial charge < -0.3 is 10.1 Å². The standard InChI is InChI=1S/C7H9ClN4O3/c1-9-7-5(12(13)14)6(8)10-4(11-7)3-15-2/h3H2,1-2H3,(H,9,10,11). The van der Waals surface area contributed by atoms with Crippen LogP contribution in [0.2, 0.25) is 5.15 Å². The first-order chi connectivity index (χ1) is 7.10. The maximum absolute atomic E-state index is 10.6.